The number of anilines is 1. The fourth-order valence-corrected chi connectivity index (χ4v) is 3.47. The van der Waals surface area contributed by atoms with Crippen LogP contribution in [-0.4, -0.2) is 40.4 Å². The summed E-state index contributed by atoms with van der Waals surface area (Å²) in [7, 11) is 0. The van der Waals surface area contributed by atoms with Crippen molar-refractivity contribution < 1.29 is 4.79 Å². The van der Waals surface area contributed by atoms with Crippen molar-refractivity contribution >= 4 is 11.9 Å². The molecule has 1 fully saturated rings. The van der Waals surface area contributed by atoms with Gasteiger partial charge < -0.3 is 9.80 Å². The Bertz CT molecular complexity index is 747. The number of amides is 1. The van der Waals surface area contributed by atoms with Gasteiger partial charge in [0.05, 0.1) is 0 Å². The van der Waals surface area contributed by atoms with Crippen LogP contribution in [-0.2, 0) is 6.54 Å². The molecule has 0 radical (unpaired) electrons. The lowest BCUT2D eigenvalue weighted by molar-refractivity contribution is 0.0746. The van der Waals surface area contributed by atoms with Crippen LogP contribution in [0.15, 0.2) is 36.4 Å². The fraction of sp³-hybridized carbons (Fsp3) is 0.476. The largest absolute Gasteiger partial charge is 0.341 e. The molecule has 1 aliphatic heterocycles. The number of nitrogens with zero attached hydrogens (tertiary/aromatic N) is 4. The van der Waals surface area contributed by atoms with E-state index in [-0.39, 0.29) is 5.91 Å². The highest BCUT2D eigenvalue weighted by atomic mass is 16.2. The van der Waals surface area contributed by atoms with Crippen LogP contribution in [0.1, 0.15) is 48.4 Å². The van der Waals surface area contributed by atoms with E-state index in [0.29, 0.717) is 30.6 Å². The van der Waals surface area contributed by atoms with E-state index < -0.39 is 0 Å². The van der Waals surface area contributed by atoms with E-state index in [4.69, 9.17) is 0 Å². The summed E-state index contributed by atoms with van der Waals surface area (Å²) in [5.74, 6) is 1.29. The minimum Gasteiger partial charge on any atom is -0.341 e. The number of rotatable bonds is 5. The average molecular weight is 352 g/mol. The predicted molar refractivity (Wildman–Crippen MR) is 104 cm³/mol. The van der Waals surface area contributed by atoms with E-state index in [2.05, 4.69) is 21.8 Å². The molecule has 2 aromatic rings. The summed E-state index contributed by atoms with van der Waals surface area (Å²) >= 11 is 0. The van der Waals surface area contributed by atoms with Gasteiger partial charge in [0, 0.05) is 31.9 Å². The average Bonchev–Trinajstić information content (AvgIpc) is 2.66. The van der Waals surface area contributed by atoms with Crippen LogP contribution < -0.4 is 4.90 Å². The number of carbonyl (C=O) groups excluding carboxylic acids is 1. The lowest BCUT2D eigenvalue weighted by atomic mass is 10.0. The van der Waals surface area contributed by atoms with Gasteiger partial charge in [-0.25, -0.2) is 9.97 Å². The Hall–Kier alpha value is -2.43. The van der Waals surface area contributed by atoms with Crippen molar-refractivity contribution in [3.05, 3.63) is 53.3 Å². The topological polar surface area (TPSA) is 49.3 Å². The molecule has 5 nitrogen and oxygen atoms in total. The first-order valence-corrected chi connectivity index (χ1v) is 9.50. The van der Waals surface area contributed by atoms with Crippen LogP contribution in [0.2, 0.25) is 0 Å². The maximum atomic E-state index is 13.0. The summed E-state index contributed by atoms with van der Waals surface area (Å²) in [4.78, 5) is 26.3. The van der Waals surface area contributed by atoms with Crippen LogP contribution >= 0.6 is 0 Å². The van der Waals surface area contributed by atoms with Gasteiger partial charge >= 0.3 is 0 Å². The zero-order valence-corrected chi connectivity index (χ0v) is 16.0. The summed E-state index contributed by atoms with van der Waals surface area (Å²) in [6.07, 6.45) is 2.39. The van der Waals surface area contributed by atoms with Gasteiger partial charge in [-0.2, -0.15) is 0 Å². The molecule has 3 rings (SSSR count). The molecular formula is C21H28N4O. The molecule has 1 aliphatic rings. The molecule has 1 saturated heterocycles. The second-order valence-corrected chi connectivity index (χ2v) is 7.19. The quantitative estimate of drug-likeness (QED) is 0.823. The summed E-state index contributed by atoms with van der Waals surface area (Å²) in [5, 5.41) is 0. The maximum absolute atomic E-state index is 13.0. The van der Waals surface area contributed by atoms with Crippen molar-refractivity contribution in [2.24, 2.45) is 5.92 Å². The normalized spacial score (nSPS) is 17.2. The van der Waals surface area contributed by atoms with Crippen LogP contribution in [0.5, 0.6) is 0 Å². The number of aromatic nitrogens is 2. The molecule has 1 aromatic heterocycles. The standard InChI is InChI=1S/C21H28N4O/c1-4-24(15-18-10-6-5-7-11-18)20(26)19-13-17(3)22-21(23-19)25-12-8-9-16(2)14-25/h5-7,10-11,13,16H,4,8-9,12,14-15H2,1-3H3. The Balaban J connectivity index is 1.81. The molecule has 1 aromatic carbocycles. The van der Waals surface area contributed by atoms with Gasteiger partial charge in [0.15, 0.2) is 0 Å². The van der Waals surface area contributed by atoms with Crippen molar-refractivity contribution in [1.29, 1.82) is 0 Å². The third kappa shape index (κ3) is 4.40. The molecule has 1 amide bonds. The van der Waals surface area contributed by atoms with E-state index in [1.807, 2.05) is 49.1 Å². The van der Waals surface area contributed by atoms with E-state index >= 15 is 0 Å². The third-order valence-corrected chi connectivity index (χ3v) is 4.89. The van der Waals surface area contributed by atoms with Crippen molar-refractivity contribution in [1.82, 2.24) is 14.9 Å². The first-order chi connectivity index (χ1) is 12.6. The molecule has 26 heavy (non-hydrogen) atoms. The Morgan fingerprint density at radius 2 is 2.04 bits per heavy atom. The van der Waals surface area contributed by atoms with E-state index in [1.165, 1.54) is 6.42 Å². The van der Waals surface area contributed by atoms with Gasteiger partial charge in [-0.15, -0.1) is 0 Å². The highest BCUT2D eigenvalue weighted by Gasteiger charge is 2.22. The Labute approximate surface area is 156 Å². The number of benzene rings is 1. The molecule has 5 heteroatoms. The van der Waals surface area contributed by atoms with Gasteiger partial charge in [-0.1, -0.05) is 37.3 Å². The number of hydrogen-bond acceptors (Lipinski definition) is 4. The fourth-order valence-electron chi connectivity index (χ4n) is 3.47. The first-order valence-electron chi connectivity index (χ1n) is 9.50. The van der Waals surface area contributed by atoms with Crippen molar-refractivity contribution in [3.8, 4) is 0 Å². The molecule has 138 valence electrons. The Morgan fingerprint density at radius 3 is 2.73 bits per heavy atom. The third-order valence-electron chi connectivity index (χ3n) is 4.89. The zero-order valence-electron chi connectivity index (χ0n) is 16.0. The van der Waals surface area contributed by atoms with Crippen LogP contribution in [0.4, 0.5) is 5.95 Å². The van der Waals surface area contributed by atoms with E-state index in [0.717, 1.165) is 30.8 Å². The SMILES string of the molecule is CCN(Cc1ccccc1)C(=O)c1cc(C)nc(N2CCCC(C)C2)n1. The van der Waals surface area contributed by atoms with Crippen LogP contribution in [0.25, 0.3) is 0 Å². The Morgan fingerprint density at radius 1 is 1.27 bits per heavy atom. The maximum Gasteiger partial charge on any atom is 0.272 e. The summed E-state index contributed by atoms with van der Waals surface area (Å²) < 4.78 is 0. The van der Waals surface area contributed by atoms with Gasteiger partial charge in [0.25, 0.3) is 5.91 Å². The van der Waals surface area contributed by atoms with Gasteiger partial charge in [0.1, 0.15) is 5.69 Å². The summed E-state index contributed by atoms with van der Waals surface area (Å²) in [5.41, 5.74) is 2.45. The Kier molecular flexibility index (Phi) is 5.86. The van der Waals surface area contributed by atoms with Crippen molar-refractivity contribution in [2.45, 2.75) is 40.2 Å². The number of piperidine rings is 1. The van der Waals surface area contributed by atoms with Crippen molar-refractivity contribution in [3.63, 3.8) is 0 Å². The predicted octanol–water partition coefficient (Wildman–Crippen LogP) is 3.68. The molecule has 2 heterocycles. The van der Waals surface area contributed by atoms with Crippen LogP contribution in [0, 0.1) is 12.8 Å². The highest BCUT2D eigenvalue weighted by Crippen LogP contribution is 2.21. The minimum absolute atomic E-state index is 0.0341. The highest BCUT2D eigenvalue weighted by molar-refractivity contribution is 5.92. The minimum atomic E-state index is -0.0341. The molecular weight excluding hydrogens is 324 g/mol. The molecule has 0 aliphatic carbocycles. The van der Waals surface area contributed by atoms with Crippen molar-refractivity contribution in [2.75, 3.05) is 24.5 Å². The molecule has 0 N–H and O–H groups in total. The molecule has 0 spiro atoms. The molecule has 0 saturated carbocycles. The number of carbonyl (C=O) groups is 1. The van der Waals surface area contributed by atoms with E-state index in [1.54, 1.807) is 6.07 Å². The molecule has 0 bridgehead atoms. The number of aryl methyl sites for hydroxylation is 1. The van der Waals surface area contributed by atoms with Gasteiger partial charge in [-0.3, -0.25) is 4.79 Å². The lowest BCUT2D eigenvalue weighted by Gasteiger charge is -2.31. The van der Waals surface area contributed by atoms with Gasteiger partial charge in [-0.05, 0) is 44.2 Å². The lowest BCUT2D eigenvalue weighted by Crippen LogP contribution is -2.36. The van der Waals surface area contributed by atoms with E-state index in [9.17, 15) is 4.79 Å². The zero-order chi connectivity index (χ0) is 18.5. The number of hydrogen-bond donors (Lipinski definition) is 0. The van der Waals surface area contributed by atoms with Gasteiger partial charge in [0.2, 0.25) is 5.95 Å². The molecule has 1 atom stereocenters. The van der Waals surface area contributed by atoms with Crippen LogP contribution in [0.3, 0.4) is 0 Å². The smallest absolute Gasteiger partial charge is 0.272 e. The second kappa shape index (κ2) is 8.30. The first kappa shape index (κ1) is 18.4. The second-order valence-electron chi connectivity index (χ2n) is 7.19. The summed E-state index contributed by atoms with van der Waals surface area (Å²) in [6.45, 7) is 9.35. The molecule has 1 unspecified atom stereocenters. The summed E-state index contributed by atoms with van der Waals surface area (Å²) in [6, 6.07) is 11.9. The monoisotopic (exact) mass is 352 g/mol.